The van der Waals surface area contributed by atoms with Gasteiger partial charge < -0.3 is 5.32 Å². The Morgan fingerprint density at radius 3 is 2.29 bits per heavy atom. The number of hydrogen-bond donors (Lipinski definition) is 1. The van der Waals surface area contributed by atoms with E-state index < -0.39 is 0 Å². The molecule has 0 bridgehead atoms. The van der Waals surface area contributed by atoms with Crippen LogP contribution < -0.4 is 5.32 Å². The minimum atomic E-state index is 0.485. The standard InChI is InChI=1S/C20H33N/c1-7-21-19(18-9-8-10-20(18,5)6)13-17-15(3)11-14(2)12-16(17)4/h11-12,18-19,21H,7-10,13H2,1-6H3. The molecule has 1 nitrogen and oxygen atoms in total. The molecule has 0 radical (unpaired) electrons. The lowest BCUT2D eigenvalue weighted by Gasteiger charge is -2.35. The predicted octanol–water partition coefficient (Wildman–Crippen LogP) is 4.96. The first-order chi connectivity index (χ1) is 9.85. The molecule has 0 saturated heterocycles. The third kappa shape index (κ3) is 3.69. The molecule has 1 aromatic carbocycles. The molecule has 1 N–H and O–H groups in total. The van der Waals surface area contributed by atoms with Crippen LogP contribution in [0.1, 0.15) is 62.3 Å². The lowest BCUT2D eigenvalue weighted by atomic mass is 9.75. The van der Waals surface area contributed by atoms with E-state index in [9.17, 15) is 0 Å². The van der Waals surface area contributed by atoms with Gasteiger partial charge in [-0.25, -0.2) is 0 Å². The number of rotatable bonds is 5. The fraction of sp³-hybridized carbons (Fsp3) is 0.700. The van der Waals surface area contributed by atoms with Crippen molar-refractivity contribution in [1.29, 1.82) is 0 Å². The highest BCUT2D eigenvalue weighted by molar-refractivity contribution is 5.38. The van der Waals surface area contributed by atoms with Gasteiger partial charge in [0.25, 0.3) is 0 Å². The van der Waals surface area contributed by atoms with E-state index in [0.29, 0.717) is 11.5 Å². The predicted molar refractivity (Wildman–Crippen MR) is 92.9 cm³/mol. The van der Waals surface area contributed by atoms with E-state index in [4.69, 9.17) is 0 Å². The van der Waals surface area contributed by atoms with Crippen LogP contribution in [0, 0.1) is 32.1 Å². The second-order valence-corrected chi connectivity index (χ2v) is 7.73. The SMILES string of the molecule is CCNC(Cc1c(C)cc(C)cc1C)C1CCCC1(C)C. The quantitative estimate of drug-likeness (QED) is 0.807. The minimum absolute atomic E-state index is 0.485. The summed E-state index contributed by atoms with van der Waals surface area (Å²) in [6, 6.07) is 5.29. The maximum Gasteiger partial charge on any atom is 0.0141 e. The van der Waals surface area contributed by atoms with Gasteiger partial charge in [0.15, 0.2) is 0 Å². The van der Waals surface area contributed by atoms with Crippen molar-refractivity contribution in [2.24, 2.45) is 11.3 Å². The Morgan fingerprint density at radius 2 is 1.81 bits per heavy atom. The van der Waals surface area contributed by atoms with Crippen LogP contribution in [0.2, 0.25) is 0 Å². The second kappa shape index (κ2) is 6.52. The van der Waals surface area contributed by atoms with Crippen molar-refractivity contribution in [2.75, 3.05) is 6.54 Å². The first kappa shape index (κ1) is 16.5. The molecule has 0 aliphatic heterocycles. The fourth-order valence-electron chi connectivity index (χ4n) is 4.47. The van der Waals surface area contributed by atoms with E-state index in [1.54, 1.807) is 5.56 Å². The highest BCUT2D eigenvalue weighted by atomic mass is 14.9. The minimum Gasteiger partial charge on any atom is -0.314 e. The van der Waals surface area contributed by atoms with Crippen molar-refractivity contribution in [3.8, 4) is 0 Å². The summed E-state index contributed by atoms with van der Waals surface area (Å²) in [5, 5.41) is 3.80. The van der Waals surface area contributed by atoms with Crippen molar-refractivity contribution >= 4 is 0 Å². The van der Waals surface area contributed by atoms with Crippen LogP contribution in [-0.4, -0.2) is 12.6 Å². The van der Waals surface area contributed by atoms with Gasteiger partial charge in [-0.1, -0.05) is 44.9 Å². The molecule has 1 heteroatoms. The largest absolute Gasteiger partial charge is 0.314 e. The molecule has 0 spiro atoms. The average molecular weight is 287 g/mol. The Kier molecular flexibility index (Phi) is 5.14. The molecular formula is C20H33N. The van der Waals surface area contributed by atoms with Crippen LogP contribution in [-0.2, 0) is 6.42 Å². The number of aryl methyl sites for hydroxylation is 3. The monoisotopic (exact) mass is 287 g/mol. The van der Waals surface area contributed by atoms with Gasteiger partial charge in [-0.15, -0.1) is 0 Å². The summed E-state index contributed by atoms with van der Waals surface area (Å²) in [6.07, 6.45) is 5.34. The second-order valence-electron chi connectivity index (χ2n) is 7.73. The lowest BCUT2D eigenvalue weighted by molar-refractivity contribution is 0.197. The maximum absolute atomic E-state index is 3.80. The zero-order valence-electron chi connectivity index (χ0n) is 14.8. The summed E-state index contributed by atoms with van der Waals surface area (Å²) < 4.78 is 0. The molecule has 1 aliphatic carbocycles. The van der Waals surface area contributed by atoms with E-state index in [-0.39, 0.29) is 0 Å². The summed E-state index contributed by atoms with van der Waals surface area (Å²) in [7, 11) is 0. The van der Waals surface area contributed by atoms with Crippen molar-refractivity contribution in [2.45, 2.75) is 73.3 Å². The van der Waals surface area contributed by atoms with Crippen LogP contribution >= 0.6 is 0 Å². The van der Waals surface area contributed by atoms with Crippen LogP contribution in [0.3, 0.4) is 0 Å². The molecule has 118 valence electrons. The number of hydrogen-bond acceptors (Lipinski definition) is 1. The third-order valence-corrected chi connectivity index (χ3v) is 5.56. The molecule has 0 aromatic heterocycles. The first-order valence-electron chi connectivity index (χ1n) is 8.65. The molecule has 1 fully saturated rings. The van der Waals surface area contributed by atoms with Crippen LogP contribution in [0.4, 0.5) is 0 Å². The van der Waals surface area contributed by atoms with Gasteiger partial charge in [0.05, 0.1) is 0 Å². The lowest BCUT2D eigenvalue weighted by Crippen LogP contribution is -2.42. The molecule has 1 aromatic rings. The molecule has 2 rings (SSSR count). The van der Waals surface area contributed by atoms with Crippen molar-refractivity contribution in [3.63, 3.8) is 0 Å². The van der Waals surface area contributed by atoms with Gasteiger partial charge in [-0.05, 0) is 74.6 Å². The summed E-state index contributed by atoms with van der Waals surface area (Å²) in [5.74, 6) is 0.803. The highest BCUT2D eigenvalue weighted by Gasteiger charge is 2.39. The molecule has 21 heavy (non-hydrogen) atoms. The van der Waals surface area contributed by atoms with Crippen LogP contribution in [0.5, 0.6) is 0 Å². The molecule has 0 heterocycles. The normalized spacial score (nSPS) is 22.5. The van der Waals surface area contributed by atoms with Crippen molar-refractivity contribution in [3.05, 3.63) is 34.4 Å². The molecular weight excluding hydrogens is 254 g/mol. The topological polar surface area (TPSA) is 12.0 Å². The van der Waals surface area contributed by atoms with E-state index in [1.165, 1.54) is 42.4 Å². The van der Waals surface area contributed by atoms with Crippen molar-refractivity contribution in [1.82, 2.24) is 5.32 Å². The molecule has 1 aliphatic rings. The summed E-state index contributed by atoms with van der Waals surface area (Å²) in [4.78, 5) is 0. The highest BCUT2D eigenvalue weighted by Crippen LogP contribution is 2.45. The van der Waals surface area contributed by atoms with Gasteiger partial charge in [0.2, 0.25) is 0 Å². The number of nitrogens with one attached hydrogen (secondary N) is 1. The average Bonchev–Trinajstić information content (AvgIpc) is 2.72. The zero-order valence-corrected chi connectivity index (χ0v) is 14.8. The first-order valence-corrected chi connectivity index (χ1v) is 8.65. The summed E-state index contributed by atoms with van der Waals surface area (Å²) >= 11 is 0. The smallest absolute Gasteiger partial charge is 0.0141 e. The van der Waals surface area contributed by atoms with Gasteiger partial charge in [0.1, 0.15) is 0 Å². The van der Waals surface area contributed by atoms with Gasteiger partial charge in [-0.3, -0.25) is 0 Å². The van der Waals surface area contributed by atoms with Gasteiger partial charge in [0, 0.05) is 6.04 Å². The maximum atomic E-state index is 3.80. The van der Waals surface area contributed by atoms with Gasteiger partial charge in [-0.2, -0.15) is 0 Å². The summed E-state index contributed by atoms with van der Waals surface area (Å²) in [5.41, 5.74) is 6.36. The zero-order chi connectivity index (χ0) is 15.6. The molecule has 2 atom stereocenters. The van der Waals surface area contributed by atoms with E-state index in [1.807, 2.05) is 0 Å². The third-order valence-electron chi connectivity index (χ3n) is 5.56. The fourth-order valence-corrected chi connectivity index (χ4v) is 4.47. The van der Waals surface area contributed by atoms with Crippen LogP contribution in [0.25, 0.3) is 0 Å². The van der Waals surface area contributed by atoms with Gasteiger partial charge >= 0.3 is 0 Å². The Labute approximate surface area is 131 Å². The number of likely N-dealkylation sites (N-methyl/N-ethyl adjacent to an activating group) is 1. The number of benzene rings is 1. The summed E-state index contributed by atoms with van der Waals surface area (Å²) in [6.45, 7) is 15.0. The van der Waals surface area contributed by atoms with E-state index >= 15 is 0 Å². The van der Waals surface area contributed by atoms with Crippen LogP contribution in [0.15, 0.2) is 12.1 Å². The van der Waals surface area contributed by atoms with E-state index in [2.05, 4.69) is 59.0 Å². The Balaban J connectivity index is 2.25. The Bertz CT molecular complexity index is 464. The van der Waals surface area contributed by atoms with Crippen molar-refractivity contribution < 1.29 is 0 Å². The Morgan fingerprint density at radius 1 is 1.19 bits per heavy atom. The molecule has 2 unspecified atom stereocenters. The Hall–Kier alpha value is -0.820. The molecule has 1 saturated carbocycles. The molecule has 0 amide bonds. The van der Waals surface area contributed by atoms with E-state index in [0.717, 1.165) is 12.5 Å².